The Kier molecular flexibility index (Phi) is 9.17. The molecule has 1 aromatic heterocycles. The smallest absolute Gasteiger partial charge is 0.418 e. The summed E-state index contributed by atoms with van der Waals surface area (Å²) >= 11 is 0. The number of likely N-dealkylation sites (tertiary alicyclic amines) is 1. The van der Waals surface area contributed by atoms with Gasteiger partial charge in [-0.1, -0.05) is 18.2 Å². The Morgan fingerprint density at radius 1 is 0.900 bits per heavy atom. The third-order valence-corrected chi connectivity index (χ3v) is 9.18. The SMILES string of the molecule is Nc1c(C(F)(F)F)cc(C[C@@H](OC(=O)N2CCC3(CC2)OC(=O)Nc2ccccc23)C(=O)N2CCN(c3ccncc3)CC2)cc1C(F)(F)F. The number of alkyl halides is 6. The lowest BCUT2D eigenvalue weighted by molar-refractivity contribution is -0.141. The summed E-state index contributed by atoms with van der Waals surface area (Å²) in [6, 6.07) is 11.5. The van der Waals surface area contributed by atoms with Crippen molar-refractivity contribution in [2.45, 2.75) is 43.3 Å². The van der Waals surface area contributed by atoms with Crippen LogP contribution in [0, 0.1) is 0 Å². The first-order valence-electron chi connectivity index (χ1n) is 15.7. The van der Waals surface area contributed by atoms with E-state index in [4.69, 9.17) is 15.2 Å². The lowest BCUT2D eigenvalue weighted by Gasteiger charge is -2.44. The number of piperazine rings is 1. The maximum absolute atomic E-state index is 13.9. The molecule has 1 atom stereocenters. The highest BCUT2D eigenvalue weighted by molar-refractivity contribution is 5.89. The van der Waals surface area contributed by atoms with Crippen molar-refractivity contribution in [1.82, 2.24) is 14.8 Å². The molecule has 3 aliphatic heterocycles. The lowest BCUT2D eigenvalue weighted by atomic mass is 9.82. The number of nitrogens with two attached hydrogens (primary N) is 1. The van der Waals surface area contributed by atoms with E-state index in [0.717, 1.165) is 11.3 Å². The second-order valence-electron chi connectivity index (χ2n) is 12.2. The van der Waals surface area contributed by atoms with Crippen molar-refractivity contribution < 1.29 is 50.2 Å². The number of anilines is 3. The van der Waals surface area contributed by atoms with Crippen molar-refractivity contribution in [3.8, 4) is 0 Å². The van der Waals surface area contributed by atoms with Gasteiger partial charge in [0.05, 0.1) is 22.5 Å². The summed E-state index contributed by atoms with van der Waals surface area (Å²) in [5.74, 6) is -0.777. The second-order valence-corrected chi connectivity index (χ2v) is 12.2. The van der Waals surface area contributed by atoms with Crippen LogP contribution < -0.4 is 16.0 Å². The van der Waals surface area contributed by atoms with Crippen LogP contribution in [0.15, 0.2) is 60.9 Å². The lowest BCUT2D eigenvalue weighted by Crippen LogP contribution is -2.54. The number of nitrogen functional groups attached to an aromatic ring is 1. The van der Waals surface area contributed by atoms with Crippen molar-refractivity contribution in [2.24, 2.45) is 0 Å². The standard InChI is InChI=1S/C33H32F6N6O5/c34-32(35,36)23-17-20(18-24(27(23)40)33(37,38)39)19-26(28(46)44-15-13-43(14-16-44)21-5-9-41-10-6-21)49-30(48)45-11-7-31(8-12-45)22-3-1-2-4-25(22)42-29(47)50-31/h1-6,9-10,17-18,26H,7-8,11-16,19,40H2,(H,42,47)/t26-/m1/s1. The molecule has 3 aliphatic rings. The molecule has 17 heteroatoms. The Morgan fingerprint density at radius 3 is 2.10 bits per heavy atom. The zero-order valence-electron chi connectivity index (χ0n) is 26.4. The summed E-state index contributed by atoms with van der Waals surface area (Å²) in [6.07, 6.45) is -11.1. The van der Waals surface area contributed by atoms with Gasteiger partial charge in [-0.15, -0.1) is 0 Å². The number of carbonyl (C=O) groups is 3. The third kappa shape index (κ3) is 7.07. The Balaban J connectivity index is 1.24. The molecule has 3 N–H and O–H groups in total. The molecule has 2 fully saturated rings. The summed E-state index contributed by atoms with van der Waals surface area (Å²) < 4.78 is 94.2. The maximum atomic E-state index is 13.9. The van der Waals surface area contributed by atoms with E-state index in [-0.39, 0.29) is 39.0 Å². The molecular formula is C33H32F6N6O5. The minimum Gasteiger partial charge on any atom is -0.438 e. The molecule has 11 nitrogen and oxygen atoms in total. The molecule has 3 aromatic rings. The molecule has 0 saturated carbocycles. The third-order valence-electron chi connectivity index (χ3n) is 9.18. The van der Waals surface area contributed by atoms with Gasteiger partial charge >= 0.3 is 24.5 Å². The Bertz CT molecular complexity index is 1720. The largest absolute Gasteiger partial charge is 0.438 e. The van der Waals surface area contributed by atoms with Crippen molar-refractivity contribution in [3.63, 3.8) is 0 Å². The first kappa shape index (κ1) is 34.6. The van der Waals surface area contributed by atoms with Gasteiger partial charge in [-0.3, -0.25) is 15.1 Å². The number of benzene rings is 2. The number of ether oxygens (including phenoxy) is 2. The zero-order chi connectivity index (χ0) is 35.8. The van der Waals surface area contributed by atoms with Crippen LogP contribution >= 0.6 is 0 Å². The number of piperidine rings is 1. The van der Waals surface area contributed by atoms with E-state index in [9.17, 15) is 40.7 Å². The molecule has 50 heavy (non-hydrogen) atoms. The fourth-order valence-electron chi connectivity index (χ4n) is 6.61. The van der Waals surface area contributed by atoms with Crippen molar-refractivity contribution in [2.75, 3.05) is 55.2 Å². The molecule has 0 aliphatic carbocycles. The van der Waals surface area contributed by atoms with Gasteiger partial charge in [0.15, 0.2) is 6.10 Å². The van der Waals surface area contributed by atoms with Gasteiger partial charge in [0.1, 0.15) is 5.60 Å². The van der Waals surface area contributed by atoms with Crippen molar-refractivity contribution >= 4 is 35.2 Å². The average molecular weight is 707 g/mol. The molecule has 2 saturated heterocycles. The van der Waals surface area contributed by atoms with E-state index in [1.54, 1.807) is 48.8 Å². The number of amides is 3. The highest BCUT2D eigenvalue weighted by atomic mass is 19.4. The normalized spacial score (nSPS) is 18.2. The second kappa shape index (κ2) is 13.2. The quantitative estimate of drug-likeness (QED) is 0.257. The van der Waals surface area contributed by atoms with Crippen molar-refractivity contribution in [3.05, 3.63) is 83.2 Å². The topological polar surface area (TPSA) is 130 Å². The van der Waals surface area contributed by atoms with Crippen LogP contribution in [-0.4, -0.2) is 78.2 Å². The van der Waals surface area contributed by atoms with Crippen LogP contribution in [0.3, 0.4) is 0 Å². The number of hydrogen-bond donors (Lipinski definition) is 2. The van der Waals surface area contributed by atoms with Gasteiger partial charge in [-0.2, -0.15) is 26.3 Å². The molecule has 6 rings (SSSR count). The van der Waals surface area contributed by atoms with E-state index in [1.165, 1.54) is 9.80 Å². The Morgan fingerprint density at radius 2 is 1.50 bits per heavy atom. The molecule has 1 spiro atoms. The number of halogens is 6. The predicted molar refractivity (Wildman–Crippen MR) is 167 cm³/mol. The number of para-hydroxylation sites is 1. The maximum Gasteiger partial charge on any atom is 0.418 e. The number of fused-ring (bicyclic) bond motifs is 2. The number of pyridine rings is 1. The summed E-state index contributed by atoms with van der Waals surface area (Å²) in [4.78, 5) is 48.3. The van der Waals surface area contributed by atoms with Gasteiger partial charge < -0.3 is 29.9 Å². The summed E-state index contributed by atoms with van der Waals surface area (Å²) in [6.45, 7) is 1.04. The number of aromatic nitrogens is 1. The van der Waals surface area contributed by atoms with E-state index in [0.29, 0.717) is 30.9 Å². The number of nitrogens with zero attached hydrogens (tertiary/aromatic N) is 4. The number of hydrogen-bond acceptors (Lipinski definition) is 8. The Hall–Kier alpha value is -5.22. The zero-order valence-corrected chi connectivity index (χ0v) is 26.4. The summed E-state index contributed by atoms with van der Waals surface area (Å²) in [7, 11) is 0. The fraction of sp³-hybridized carbons (Fsp3) is 0.394. The summed E-state index contributed by atoms with van der Waals surface area (Å²) in [5.41, 5.74) is 0.933. The molecule has 2 aromatic carbocycles. The summed E-state index contributed by atoms with van der Waals surface area (Å²) in [5, 5.41) is 2.64. The molecule has 3 amide bonds. The number of nitrogens with one attached hydrogen (secondary N) is 1. The minimum atomic E-state index is -5.24. The highest BCUT2D eigenvalue weighted by Gasteiger charge is 2.46. The Labute approximate surface area is 281 Å². The van der Waals surface area contributed by atoms with E-state index in [2.05, 4.69) is 10.3 Å². The van der Waals surface area contributed by atoms with Crippen molar-refractivity contribution in [1.29, 1.82) is 0 Å². The van der Waals surface area contributed by atoms with Crippen LogP contribution in [0.2, 0.25) is 0 Å². The van der Waals surface area contributed by atoms with Gasteiger partial charge in [-0.05, 0) is 35.9 Å². The monoisotopic (exact) mass is 706 g/mol. The predicted octanol–water partition coefficient (Wildman–Crippen LogP) is 5.65. The van der Waals surface area contributed by atoms with E-state index in [1.807, 2.05) is 4.90 Å². The van der Waals surface area contributed by atoms with E-state index < -0.39 is 70.9 Å². The van der Waals surface area contributed by atoms with Crippen LogP contribution in [0.5, 0.6) is 0 Å². The fourth-order valence-corrected chi connectivity index (χ4v) is 6.61. The van der Waals surface area contributed by atoms with Gasteiger partial charge in [0, 0.05) is 82.2 Å². The number of carbonyl (C=O) groups excluding carboxylic acids is 3. The molecule has 0 bridgehead atoms. The molecule has 0 radical (unpaired) electrons. The van der Waals surface area contributed by atoms with Gasteiger partial charge in [0.2, 0.25) is 0 Å². The first-order chi connectivity index (χ1) is 23.6. The molecule has 0 unspecified atom stereocenters. The van der Waals surface area contributed by atoms with Gasteiger partial charge in [0.25, 0.3) is 5.91 Å². The van der Waals surface area contributed by atoms with Crippen LogP contribution in [-0.2, 0) is 38.6 Å². The molecule has 4 heterocycles. The first-order valence-corrected chi connectivity index (χ1v) is 15.7. The highest BCUT2D eigenvalue weighted by Crippen LogP contribution is 2.44. The molecule has 266 valence electrons. The minimum absolute atomic E-state index is 0.0181. The average Bonchev–Trinajstić information content (AvgIpc) is 3.08. The molecular weight excluding hydrogens is 674 g/mol. The van der Waals surface area contributed by atoms with E-state index >= 15 is 0 Å². The van der Waals surface area contributed by atoms with Gasteiger partial charge in [-0.25, -0.2) is 9.59 Å². The van der Waals surface area contributed by atoms with Crippen LogP contribution in [0.4, 0.5) is 53.0 Å². The van der Waals surface area contributed by atoms with Crippen LogP contribution in [0.1, 0.15) is 35.1 Å². The van der Waals surface area contributed by atoms with Crippen LogP contribution in [0.25, 0.3) is 0 Å². The number of rotatable bonds is 5.